The first kappa shape index (κ1) is 15.7. The summed E-state index contributed by atoms with van der Waals surface area (Å²) in [5.74, 6) is -0.259. The molecule has 0 unspecified atom stereocenters. The van der Waals surface area contributed by atoms with Gasteiger partial charge in [-0.2, -0.15) is 0 Å². The van der Waals surface area contributed by atoms with Crippen molar-refractivity contribution in [3.05, 3.63) is 11.6 Å². The number of esters is 1. The second-order valence-electron chi connectivity index (χ2n) is 7.05. The average Bonchev–Trinajstić information content (AvgIpc) is 3.07. The van der Waals surface area contributed by atoms with Crippen LogP contribution in [-0.2, 0) is 18.7 Å². The summed E-state index contributed by atoms with van der Waals surface area (Å²) >= 11 is 0. The van der Waals surface area contributed by atoms with E-state index in [1.54, 1.807) is 0 Å². The summed E-state index contributed by atoms with van der Waals surface area (Å²) in [7, 11) is -1.95. The number of epoxide rings is 1. The lowest BCUT2D eigenvalue weighted by molar-refractivity contribution is -0.139. The van der Waals surface area contributed by atoms with E-state index in [9.17, 15) is 4.79 Å². The van der Waals surface area contributed by atoms with Gasteiger partial charge in [0.1, 0.15) is 12.2 Å². The minimum absolute atomic E-state index is 0.0357. The topological polar surface area (TPSA) is 48.1 Å². The summed E-state index contributed by atoms with van der Waals surface area (Å²) in [6, 6.07) is 0. The number of rotatable bonds is 4. The van der Waals surface area contributed by atoms with Gasteiger partial charge in [0.25, 0.3) is 0 Å². The fourth-order valence-corrected chi connectivity index (χ4v) is 3.44. The molecule has 1 heterocycles. The van der Waals surface area contributed by atoms with Crippen LogP contribution in [0.5, 0.6) is 0 Å². The zero-order chi connectivity index (χ0) is 15.1. The third-order valence-electron chi connectivity index (χ3n) is 4.54. The largest absolute Gasteiger partial charge is 0.463 e. The number of fused-ring (bicyclic) bond motifs is 1. The Morgan fingerprint density at radius 1 is 1.45 bits per heavy atom. The van der Waals surface area contributed by atoms with Crippen molar-refractivity contribution in [1.29, 1.82) is 0 Å². The van der Waals surface area contributed by atoms with Gasteiger partial charge in [-0.1, -0.05) is 26.8 Å². The fraction of sp³-hybridized carbons (Fsp3) is 0.800. The van der Waals surface area contributed by atoms with Crippen molar-refractivity contribution in [3.8, 4) is 0 Å². The van der Waals surface area contributed by atoms with E-state index in [1.165, 1.54) is 0 Å². The molecular formula is C15H26O4Si. The molecule has 20 heavy (non-hydrogen) atoms. The Morgan fingerprint density at radius 2 is 2.10 bits per heavy atom. The van der Waals surface area contributed by atoms with Gasteiger partial charge in [-0.05, 0) is 31.5 Å². The average molecular weight is 298 g/mol. The molecule has 5 heteroatoms. The van der Waals surface area contributed by atoms with Gasteiger partial charge in [0.05, 0.1) is 18.3 Å². The first-order valence-electron chi connectivity index (χ1n) is 7.38. The molecule has 1 saturated heterocycles. The van der Waals surface area contributed by atoms with Gasteiger partial charge in [-0.3, -0.25) is 0 Å². The monoisotopic (exact) mass is 298 g/mol. The number of carbonyl (C=O) groups excluding carboxylic acids is 1. The molecule has 1 fully saturated rings. The molecule has 1 aliphatic heterocycles. The van der Waals surface area contributed by atoms with E-state index >= 15 is 0 Å². The van der Waals surface area contributed by atoms with Crippen molar-refractivity contribution in [3.63, 3.8) is 0 Å². The Balaban J connectivity index is 2.17. The van der Waals surface area contributed by atoms with E-state index in [1.807, 2.05) is 13.0 Å². The highest BCUT2D eigenvalue weighted by atomic mass is 28.4. The van der Waals surface area contributed by atoms with E-state index < -0.39 is 8.32 Å². The second-order valence-corrected chi connectivity index (χ2v) is 11.8. The first-order chi connectivity index (χ1) is 9.17. The third-order valence-corrected chi connectivity index (χ3v) is 8.99. The summed E-state index contributed by atoms with van der Waals surface area (Å²) < 4.78 is 17.2. The number of hydrogen-bond donors (Lipinski definition) is 0. The van der Waals surface area contributed by atoms with Crippen LogP contribution in [0.25, 0.3) is 0 Å². The van der Waals surface area contributed by atoms with Gasteiger partial charge in [0.15, 0.2) is 8.32 Å². The number of ether oxygens (including phenoxy) is 2. The highest BCUT2D eigenvalue weighted by Crippen LogP contribution is 2.44. The van der Waals surface area contributed by atoms with E-state index in [0.29, 0.717) is 12.2 Å². The van der Waals surface area contributed by atoms with Crippen LogP contribution in [-0.4, -0.2) is 39.2 Å². The van der Waals surface area contributed by atoms with Crippen molar-refractivity contribution in [1.82, 2.24) is 0 Å². The highest BCUT2D eigenvalue weighted by molar-refractivity contribution is 6.74. The lowest BCUT2D eigenvalue weighted by Gasteiger charge is -2.39. The maximum Gasteiger partial charge on any atom is 0.336 e. The first-order valence-corrected chi connectivity index (χ1v) is 10.3. The number of carbonyl (C=O) groups is 1. The van der Waals surface area contributed by atoms with Gasteiger partial charge in [0, 0.05) is 0 Å². The van der Waals surface area contributed by atoms with Crippen LogP contribution in [0.15, 0.2) is 11.6 Å². The highest BCUT2D eigenvalue weighted by Gasteiger charge is 2.53. The van der Waals surface area contributed by atoms with Crippen LogP contribution in [0.4, 0.5) is 0 Å². The summed E-state index contributed by atoms with van der Waals surface area (Å²) in [5, 5.41) is 0.106. The van der Waals surface area contributed by atoms with Crippen LogP contribution in [0.3, 0.4) is 0 Å². The maximum atomic E-state index is 12.1. The van der Waals surface area contributed by atoms with Crippen LogP contribution in [0.1, 0.15) is 34.1 Å². The molecule has 114 valence electrons. The van der Waals surface area contributed by atoms with Gasteiger partial charge >= 0.3 is 5.97 Å². The standard InChI is InChI=1S/C15H26O4Si/c1-7-17-14(16)10-8-9-11-13(18-11)12(10)19-20(5,6)15(2,3)4/h8,11-13H,7,9H2,1-6H3/t11-,12-,13-/m1/s1. The van der Waals surface area contributed by atoms with Crippen molar-refractivity contribution < 1.29 is 18.7 Å². The van der Waals surface area contributed by atoms with Crippen molar-refractivity contribution in [2.24, 2.45) is 0 Å². The van der Waals surface area contributed by atoms with E-state index in [-0.39, 0.29) is 29.3 Å². The smallest absolute Gasteiger partial charge is 0.336 e. The molecule has 0 bridgehead atoms. The lowest BCUT2D eigenvalue weighted by Crippen LogP contribution is -2.47. The molecule has 2 aliphatic rings. The zero-order valence-electron chi connectivity index (χ0n) is 13.4. The molecule has 4 nitrogen and oxygen atoms in total. The Hall–Kier alpha value is -0.653. The molecule has 0 aromatic rings. The Labute approximate surface area is 122 Å². The minimum atomic E-state index is -1.95. The fourth-order valence-electron chi connectivity index (χ4n) is 2.19. The predicted octanol–water partition coefficient (Wildman–Crippen LogP) is 3.04. The quantitative estimate of drug-likeness (QED) is 0.455. The van der Waals surface area contributed by atoms with E-state index in [2.05, 4.69) is 33.9 Å². The lowest BCUT2D eigenvalue weighted by atomic mass is 9.97. The van der Waals surface area contributed by atoms with Gasteiger partial charge < -0.3 is 13.9 Å². The summed E-state index contributed by atoms with van der Waals surface area (Å²) in [4.78, 5) is 12.1. The second kappa shape index (κ2) is 5.28. The van der Waals surface area contributed by atoms with Crippen LogP contribution < -0.4 is 0 Å². The Kier molecular flexibility index (Phi) is 4.15. The van der Waals surface area contributed by atoms with Crippen LogP contribution in [0, 0.1) is 0 Å². The van der Waals surface area contributed by atoms with Crippen molar-refractivity contribution in [2.75, 3.05) is 6.61 Å². The summed E-state index contributed by atoms with van der Waals surface area (Å²) in [6.07, 6.45) is 2.73. The van der Waals surface area contributed by atoms with Gasteiger partial charge in [0.2, 0.25) is 0 Å². The minimum Gasteiger partial charge on any atom is -0.463 e. The Morgan fingerprint density at radius 3 is 2.65 bits per heavy atom. The van der Waals surface area contributed by atoms with Crippen molar-refractivity contribution in [2.45, 2.75) is 70.6 Å². The predicted molar refractivity (Wildman–Crippen MR) is 80.1 cm³/mol. The van der Waals surface area contributed by atoms with Crippen LogP contribution >= 0.6 is 0 Å². The molecule has 0 N–H and O–H groups in total. The van der Waals surface area contributed by atoms with Gasteiger partial charge in [-0.15, -0.1) is 0 Å². The van der Waals surface area contributed by atoms with Crippen LogP contribution in [0.2, 0.25) is 18.1 Å². The molecule has 2 rings (SSSR count). The molecule has 3 atom stereocenters. The molecule has 0 aromatic carbocycles. The molecule has 1 aliphatic carbocycles. The van der Waals surface area contributed by atoms with E-state index in [0.717, 1.165) is 6.42 Å². The normalized spacial score (nSPS) is 29.5. The Bertz CT molecular complexity index is 422. The van der Waals surface area contributed by atoms with Crippen molar-refractivity contribution >= 4 is 14.3 Å². The van der Waals surface area contributed by atoms with Gasteiger partial charge in [-0.25, -0.2) is 4.79 Å². The molecule has 0 aromatic heterocycles. The summed E-state index contributed by atoms with van der Waals surface area (Å²) in [6.45, 7) is 13.2. The number of hydrogen-bond acceptors (Lipinski definition) is 4. The summed E-state index contributed by atoms with van der Waals surface area (Å²) in [5.41, 5.74) is 0.649. The zero-order valence-corrected chi connectivity index (χ0v) is 14.4. The maximum absolute atomic E-state index is 12.1. The third kappa shape index (κ3) is 2.99. The van der Waals surface area contributed by atoms with E-state index in [4.69, 9.17) is 13.9 Å². The molecule has 0 saturated carbocycles. The molecule has 0 amide bonds. The molecule has 0 radical (unpaired) electrons. The SMILES string of the molecule is CCOC(=O)C1=CC[C@H]2O[C@H]2[C@@H]1O[Si](C)(C)C(C)(C)C. The molecule has 0 spiro atoms. The molecular weight excluding hydrogens is 272 g/mol.